The first-order chi connectivity index (χ1) is 11.0. The third-order valence-electron chi connectivity index (χ3n) is 4.32. The average molecular weight is 325 g/mol. The molecule has 2 saturated heterocycles. The first-order valence-corrected chi connectivity index (χ1v) is 8.16. The van der Waals surface area contributed by atoms with Crippen LogP contribution in [-0.4, -0.2) is 86.1 Å². The van der Waals surface area contributed by atoms with Crippen molar-refractivity contribution in [1.82, 2.24) is 14.7 Å². The highest BCUT2D eigenvalue weighted by atomic mass is 16.5. The van der Waals surface area contributed by atoms with E-state index < -0.39 is 0 Å². The Kier molecular flexibility index (Phi) is 6.20. The number of ether oxygens (including phenoxy) is 1. The van der Waals surface area contributed by atoms with Gasteiger partial charge in [-0.1, -0.05) is 0 Å². The van der Waals surface area contributed by atoms with Crippen molar-refractivity contribution in [3.63, 3.8) is 0 Å². The molecule has 23 heavy (non-hydrogen) atoms. The molecular weight excluding hydrogens is 298 g/mol. The minimum Gasteiger partial charge on any atom is -0.381 e. The number of hydrogen-bond donors (Lipinski definition) is 1. The fourth-order valence-corrected chi connectivity index (χ4v) is 2.80. The van der Waals surface area contributed by atoms with Crippen LogP contribution in [0.4, 0.5) is 4.79 Å². The second-order valence-electron chi connectivity index (χ2n) is 6.20. The lowest BCUT2D eigenvalue weighted by Gasteiger charge is -2.28. The summed E-state index contributed by atoms with van der Waals surface area (Å²) >= 11 is 0. The van der Waals surface area contributed by atoms with Crippen molar-refractivity contribution in [3.05, 3.63) is 0 Å². The van der Waals surface area contributed by atoms with E-state index in [1.54, 1.807) is 23.9 Å². The molecule has 0 aromatic rings. The van der Waals surface area contributed by atoms with Gasteiger partial charge >= 0.3 is 6.03 Å². The number of nitrogens with two attached hydrogens (primary N) is 1. The van der Waals surface area contributed by atoms with Crippen molar-refractivity contribution in [3.8, 4) is 0 Å². The van der Waals surface area contributed by atoms with Gasteiger partial charge in [-0.25, -0.2) is 4.79 Å². The molecule has 8 heteroatoms. The predicted molar refractivity (Wildman–Crippen MR) is 87.0 cm³/mol. The molecular formula is C15H27N5O3. The van der Waals surface area contributed by atoms with Crippen LogP contribution < -0.4 is 5.73 Å². The fourth-order valence-electron chi connectivity index (χ4n) is 2.80. The molecule has 0 spiro atoms. The van der Waals surface area contributed by atoms with E-state index in [1.807, 2.05) is 4.90 Å². The number of hydrogen-bond acceptors (Lipinski definition) is 3. The normalized spacial score (nSPS) is 21.0. The van der Waals surface area contributed by atoms with Crippen molar-refractivity contribution in [2.24, 2.45) is 16.6 Å². The van der Waals surface area contributed by atoms with Gasteiger partial charge in [-0.3, -0.25) is 4.79 Å². The minimum atomic E-state index is -0.337. The Labute approximate surface area is 137 Å². The van der Waals surface area contributed by atoms with E-state index in [-0.39, 0.29) is 23.8 Å². The van der Waals surface area contributed by atoms with Gasteiger partial charge in [-0.05, 0) is 19.3 Å². The lowest BCUT2D eigenvalue weighted by atomic mass is 9.98. The quantitative estimate of drug-likeness (QED) is 0.539. The van der Waals surface area contributed by atoms with Gasteiger partial charge < -0.3 is 25.2 Å². The summed E-state index contributed by atoms with van der Waals surface area (Å²) in [6.45, 7) is 3.66. The number of nitrogens with zero attached hydrogens (tertiary/aromatic N) is 4. The molecule has 0 radical (unpaired) electrons. The van der Waals surface area contributed by atoms with Gasteiger partial charge in [0.25, 0.3) is 0 Å². The lowest BCUT2D eigenvalue weighted by Crippen LogP contribution is -2.41. The number of rotatable bonds is 1. The molecule has 3 amide bonds. The summed E-state index contributed by atoms with van der Waals surface area (Å²) in [7, 11) is 3.48. The second kappa shape index (κ2) is 8.14. The summed E-state index contributed by atoms with van der Waals surface area (Å²) in [5.41, 5.74) is 5.69. The first kappa shape index (κ1) is 17.5. The van der Waals surface area contributed by atoms with Crippen molar-refractivity contribution < 1.29 is 14.3 Å². The third-order valence-corrected chi connectivity index (χ3v) is 4.32. The summed E-state index contributed by atoms with van der Waals surface area (Å²) in [5, 5.41) is 0. The third kappa shape index (κ3) is 4.82. The van der Waals surface area contributed by atoms with Crippen LogP contribution in [0.1, 0.15) is 19.3 Å². The molecule has 2 aliphatic rings. The largest absolute Gasteiger partial charge is 0.381 e. The number of aliphatic imine (C=N–C) groups is 1. The maximum atomic E-state index is 12.6. The van der Waals surface area contributed by atoms with Gasteiger partial charge in [0, 0.05) is 59.4 Å². The molecule has 0 aliphatic carbocycles. The molecule has 0 aromatic heterocycles. The van der Waals surface area contributed by atoms with Crippen molar-refractivity contribution >= 4 is 17.9 Å². The molecule has 0 saturated carbocycles. The van der Waals surface area contributed by atoms with Gasteiger partial charge in [-0.2, -0.15) is 4.99 Å². The zero-order chi connectivity index (χ0) is 16.8. The molecule has 2 fully saturated rings. The zero-order valence-corrected chi connectivity index (χ0v) is 14.0. The highest BCUT2D eigenvalue weighted by Gasteiger charge is 2.28. The first-order valence-electron chi connectivity index (χ1n) is 8.16. The summed E-state index contributed by atoms with van der Waals surface area (Å²) < 4.78 is 5.31. The van der Waals surface area contributed by atoms with Crippen LogP contribution in [0.2, 0.25) is 0 Å². The molecule has 2 rings (SSSR count). The monoisotopic (exact) mass is 325 g/mol. The van der Waals surface area contributed by atoms with Crippen LogP contribution in [0.15, 0.2) is 4.99 Å². The molecule has 0 bridgehead atoms. The molecule has 8 nitrogen and oxygen atoms in total. The molecule has 2 N–H and O–H groups in total. The maximum Gasteiger partial charge on any atom is 0.346 e. The number of guanidine groups is 1. The standard InChI is InChI=1S/C15H27N5O3/c1-18(2)14(16)17-15(22)20-7-3-6-19(8-9-20)13(21)12-4-10-23-11-5-12/h12H,3-11H2,1-2H3,(H2,16,17,22). The number of carbonyl (C=O) groups is 2. The molecule has 2 aliphatic heterocycles. The van der Waals surface area contributed by atoms with Crippen LogP contribution in [0.5, 0.6) is 0 Å². The Hall–Kier alpha value is -1.83. The Bertz CT molecular complexity index is 460. The number of urea groups is 1. The minimum absolute atomic E-state index is 0.0633. The summed E-state index contributed by atoms with van der Waals surface area (Å²) in [6.07, 6.45) is 2.35. The maximum absolute atomic E-state index is 12.6. The van der Waals surface area contributed by atoms with Crippen molar-refractivity contribution in [2.75, 3.05) is 53.5 Å². The van der Waals surface area contributed by atoms with E-state index in [9.17, 15) is 9.59 Å². The Morgan fingerprint density at radius 2 is 1.70 bits per heavy atom. The second-order valence-corrected chi connectivity index (χ2v) is 6.20. The SMILES string of the molecule is CN(C)/C(N)=N/C(=O)N1CCCN(C(=O)C2CCOCC2)CC1. The Morgan fingerprint density at radius 1 is 1.09 bits per heavy atom. The van der Waals surface area contributed by atoms with Gasteiger partial charge in [0.1, 0.15) is 0 Å². The van der Waals surface area contributed by atoms with Gasteiger partial charge in [-0.15, -0.1) is 0 Å². The Morgan fingerprint density at radius 3 is 2.35 bits per heavy atom. The molecule has 2 heterocycles. The zero-order valence-electron chi connectivity index (χ0n) is 14.0. The van der Waals surface area contributed by atoms with E-state index in [0.29, 0.717) is 39.4 Å². The van der Waals surface area contributed by atoms with Crippen molar-refractivity contribution in [2.45, 2.75) is 19.3 Å². The Balaban J connectivity index is 1.90. The van der Waals surface area contributed by atoms with Gasteiger partial charge in [0.15, 0.2) is 5.96 Å². The fraction of sp³-hybridized carbons (Fsp3) is 0.800. The summed E-state index contributed by atoms with van der Waals surface area (Å²) in [4.78, 5) is 33.7. The lowest BCUT2D eigenvalue weighted by molar-refractivity contribution is -0.138. The molecule has 0 unspecified atom stereocenters. The van der Waals surface area contributed by atoms with Gasteiger partial charge in [0.2, 0.25) is 5.91 Å². The van der Waals surface area contributed by atoms with Crippen LogP contribution in [0.25, 0.3) is 0 Å². The van der Waals surface area contributed by atoms with E-state index in [0.717, 1.165) is 19.3 Å². The van der Waals surface area contributed by atoms with Crippen LogP contribution in [0.3, 0.4) is 0 Å². The number of amides is 3. The molecule has 130 valence electrons. The van der Waals surface area contributed by atoms with Crippen LogP contribution >= 0.6 is 0 Å². The van der Waals surface area contributed by atoms with Crippen LogP contribution in [0, 0.1) is 5.92 Å². The molecule has 0 atom stereocenters. The van der Waals surface area contributed by atoms with E-state index in [2.05, 4.69) is 4.99 Å². The highest BCUT2D eigenvalue weighted by Crippen LogP contribution is 2.18. The summed E-state index contributed by atoms with van der Waals surface area (Å²) in [5.74, 6) is 0.446. The highest BCUT2D eigenvalue weighted by molar-refractivity contribution is 5.91. The number of carbonyl (C=O) groups excluding carboxylic acids is 2. The van der Waals surface area contributed by atoms with E-state index in [1.165, 1.54) is 0 Å². The van der Waals surface area contributed by atoms with Crippen LogP contribution in [-0.2, 0) is 9.53 Å². The average Bonchev–Trinajstić information content (AvgIpc) is 2.81. The molecule has 0 aromatic carbocycles. The van der Waals surface area contributed by atoms with Gasteiger partial charge in [0.05, 0.1) is 0 Å². The topological polar surface area (TPSA) is 91.5 Å². The van der Waals surface area contributed by atoms with E-state index >= 15 is 0 Å². The van der Waals surface area contributed by atoms with E-state index in [4.69, 9.17) is 10.5 Å². The smallest absolute Gasteiger partial charge is 0.346 e. The predicted octanol–water partition coefficient (Wildman–Crippen LogP) is -0.0564. The van der Waals surface area contributed by atoms with Crippen molar-refractivity contribution in [1.29, 1.82) is 0 Å². The summed E-state index contributed by atoms with van der Waals surface area (Å²) in [6, 6.07) is -0.337.